The van der Waals surface area contributed by atoms with Gasteiger partial charge in [0.1, 0.15) is 12.7 Å². The highest BCUT2D eigenvalue weighted by atomic mass is 15.4. The van der Waals surface area contributed by atoms with Crippen LogP contribution in [-0.4, -0.2) is 42.8 Å². The minimum atomic E-state index is 0.361. The van der Waals surface area contributed by atoms with Crippen LogP contribution in [0.5, 0.6) is 0 Å². The summed E-state index contributed by atoms with van der Waals surface area (Å²) < 4.78 is 1.52. The van der Waals surface area contributed by atoms with Crippen LogP contribution >= 0.6 is 0 Å². The van der Waals surface area contributed by atoms with Crippen molar-refractivity contribution in [2.45, 2.75) is 32.2 Å². The van der Waals surface area contributed by atoms with Crippen LogP contribution in [0.25, 0.3) is 5.95 Å². The Balaban J connectivity index is 1.84. The molecule has 8 nitrogen and oxygen atoms in total. The van der Waals surface area contributed by atoms with Gasteiger partial charge in [0.15, 0.2) is 0 Å². The van der Waals surface area contributed by atoms with Gasteiger partial charge in [0.2, 0.25) is 11.9 Å². The highest BCUT2D eigenvalue weighted by Gasteiger charge is 2.24. The third-order valence-electron chi connectivity index (χ3n) is 3.68. The number of nitrogens with zero attached hydrogens (tertiary/aromatic N) is 6. The third kappa shape index (κ3) is 2.54. The van der Waals surface area contributed by atoms with E-state index < -0.39 is 0 Å². The van der Waals surface area contributed by atoms with Gasteiger partial charge in [-0.1, -0.05) is 6.42 Å². The fourth-order valence-electron chi connectivity index (χ4n) is 2.22. The Morgan fingerprint density at radius 1 is 1.25 bits per heavy atom. The molecule has 1 aliphatic rings. The number of anilines is 2. The van der Waals surface area contributed by atoms with Crippen molar-refractivity contribution in [2.24, 2.45) is 5.92 Å². The SMILES string of the molecule is CNc1nc(NC(C)C2CCC2)nc(-n2cncn2)n1. The second-order valence-corrected chi connectivity index (χ2v) is 5.00. The van der Waals surface area contributed by atoms with E-state index >= 15 is 0 Å². The Morgan fingerprint density at radius 2 is 2.05 bits per heavy atom. The van der Waals surface area contributed by atoms with Gasteiger partial charge < -0.3 is 10.6 Å². The number of aromatic nitrogens is 6. The molecule has 0 radical (unpaired) electrons. The minimum absolute atomic E-state index is 0.361. The molecule has 0 bridgehead atoms. The lowest BCUT2D eigenvalue weighted by Gasteiger charge is -2.31. The molecule has 1 unspecified atom stereocenters. The Labute approximate surface area is 117 Å². The molecule has 1 fully saturated rings. The lowest BCUT2D eigenvalue weighted by molar-refractivity contribution is 0.284. The van der Waals surface area contributed by atoms with E-state index in [2.05, 4.69) is 42.6 Å². The van der Waals surface area contributed by atoms with Crippen molar-refractivity contribution < 1.29 is 0 Å². The molecule has 2 heterocycles. The fraction of sp³-hybridized carbons (Fsp3) is 0.583. The Kier molecular flexibility index (Phi) is 3.44. The molecule has 1 aliphatic carbocycles. The summed E-state index contributed by atoms with van der Waals surface area (Å²) in [5.41, 5.74) is 0. The summed E-state index contributed by atoms with van der Waals surface area (Å²) in [6, 6.07) is 0.361. The zero-order chi connectivity index (χ0) is 13.9. The molecule has 2 aromatic rings. The van der Waals surface area contributed by atoms with Gasteiger partial charge in [0, 0.05) is 13.1 Å². The highest BCUT2D eigenvalue weighted by molar-refractivity contribution is 5.37. The van der Waals surface area contributed by atoms with Gasteiger partial charge >= 0.3 is 0 Å². The molecule has 0 saturated heterocycles. The summed E-state index contributed by atoms with van der Waals surface area (Å²) >= 11 is 0. The van der Waals surface area contributed by atoms with Crippen molar-refractivity contribution in [1.82, 2.24) is 29.7 Å². The van der Waals surface area contributed by atoms with Crippen LogP contribution in [0.1, 0.15) is 26.2 Å². The van der Waals surface area contributed by atoms with E-state index in [9.17, 15) is 0 Å². The minimum Gasteiger partial charge on any atom is -0.357 e. The predicted molar refractivity (Wildman–Crippen MR) is 74.7 cm³/mol. The lowest BCUT2D eigenvalue weighted by Crippen LogP contribution is -2.31. The first-order chi connectivity index (χ1) is 9.76. The van der Waals surface area contributed by atoms with Gasteiger partial charge in [0.05, 0.1) is 0 Å². The molecule has 0 spiro atoms. The monoisotopic (exact) mass is 274 g/mol. The average Bonchev–Trinajstić information content (AvgIpc) is 2.89. The number of rotatable bonds is 5. The largest absolute Gasteiger partial charge is 0.357 e. The summed E-state index contributed by atoms with van der Waals surface area (Å²) in [6.45, 7) is 2.17. The van der Waals surface area contributed by atoms with Gasteiger partial charge in [-0.25, -0.2) is 4.98 Å². The molecule has 1 saturated carbocycles. The van der Waals surface area contributed by atoms with Crippen LogP contribution in [0.2, 0.25) is 0 Å². The van der Waals surface area contributed by atoms with Crippen LogP contribution in [0.3, 0.4) is 0 Å². The smallest absolute Gasteiger partial charge is 0.258 e. The standard InChI is InChI=1S/C12H18N8/c1-8(9-4-3-5-9)16-11-17-10(13-2)18-12(19-11)20-7-14-6-15-20/h6-9H,3-5H2,1-2H3,(H2,13,16,17,18,19). The van der Waals surface area contributed by atoms with Gasteiger partial charge in [-0.3, -0.25) is 0 Å². The number of hydrogen-bond donors (Lipinski definition) is 2. The number of hydrogen-bond acceptors (Lipinski definition) is 7. The molecular weight excluding hydrogens is 256 g/mol. The van der Waals surface area contributed by atoms with E-state index in [0.717, 1.165) is 0 Å². The van der Waals surface area contributed by atoms with Gasteiger partial charge in [0.25, 0.3) is 5.95 Å². The van der Waals surface area contributed by atoms with E-state index in [1.165, 1.54) is 30.3 Å². The summed E-state index contributed by atoms with van der Waals surface area (Å²) in [6.07, 6.45) is 6.88. The summed E-state index contributed by atoms with van der Waals surface area (Å²) in [7, 11) is 1.78. The van der Waals surface area contributed by atoms with Gasteiger partial charge in [-0.15, -0.1) is 0 Å². The number of nitrogens with one attached hydrogen (secondary N) is 2. The van der Waals surface area contributed by atoms with E-state index in [0.29, 0.717) is 29.8 Å². The Hall–Kier alpha value is -2.25. The van der Waals surface area contributed by atoms with Gasteiger partial charge in [-0.2, -0.15) is 24.7 Å². The average molecular weight is 274 g/mol. The summed E-state index contributed by atoms with van der Waals surface area (Å²) in [5.74, 6) is 2.23. The molecule has 0 aliphatic heterocycles. The topological polar surface area (TPSA) is 93.4 Å². The van der Waals surface area contributed by atoms with E-state index in [1.807, 2.05) is 0 Å². The fourth-order valence-corrected chi connectivity index (χ4v) is 2.22. The summed E-state index contributed by atoms with van der Waals surface area (Å²) in [5, 5.41) is 10.3. The maximum absolute atomic E-state index is 4.39. The summed E-state index contributed by atoms with van der Waals surface area (Å²) in [4.78, 5) is 16.9. The predicted octanol–water partition coefficient (Wildman–Crippen LogP) is 1.09. The molecule has 1 atom stereocenters. The molecule has 106 valence electrons. The maximum atomic E-state index is 4.39. The molecule has 0 amide bonds. The molecule has 8 heteroatoms. The molecule has 3 rings (SSSR count). The van der Waals surface area contributed by atoms with Crippen LogP contribution < -0.4 is 10.6 Å². The highest BCUT2D eigenvalue weighted by Crippen LogP contribution is 2.30. The zero-order valence-corrected chi connectivity index (χ0v) is 11.6. The lowest BCUT2D eigenvalue weighted by atomic mass is 9.80. The first-order valence-corrected chi connectivity index (χ1v) is 6.81. The van der Waals surface area contributed by atoms with Crippen molar-refractivity contribution in [3.05, 3.63) is 12.7 Å². The maximum Gasteiger partial charge on any atom is 0.258 e. The van der Waals surface area contributed by atoms with E-state index in [1.54, 1.807) is 13.4 Å². The van der Waals surface area contributed by atoms with Crippen LogP contribution in [-0.2, 0) is 0 Å². The third-order valence-corrected chi connectivity index (χ3v) is 3.68. The second kappa shape index (κ2) is 5.40. The first-order valence-electron chi connectivity index (χ1n) is 6.81. The quantitative estimate of drug-likeness (QED) is 0.843. The first kappa shape index (κ1) is 12.8. The van der Waals surface area contributed by atoms with Crippen molar-refractivity contribution >= 4 is 11.9 Å². The van der Waals surface area contributed by atoms with Gasteiger partial charge in [-0.05, 0) is 25.7 Å². The van der Waals surface area contributed by atoms with Crippen molar-refractivity contribution in [2.75, 3.05) is 17.7 Å². The zero-order valence-electron chi connectivity index (χ0n) is 11.6. The van der Waals surface area contributed by atoms with Crippen LogP contribution in [0.4, 0.5) is 11.9 Å². The molecule has 0 aromatic carbocycles. The van der Waals surface area contributed by atoms with Crippen molar-refractivity contribution in [1.29, 1.82) is 0 Å². The molecule has 20 heavy (non-hydrogen) atoms. The molecule has 2 aromatic heterocycles. The molecular formula is C12H18N8. The Bertz CT molecular complexity index is 563. The van der Waals surface area contributed by atoms with Crippen molar-refractivity contribution in [3.8, 4) is 5.95 Å². The van der Waals surface area contributed by atoms with E-state index in [-0.39, 0.29) is 0 Å². The van der Waals surface area contributed by atoms with Crippen LogP contribution in [0, 0.1) is 5.92 Å². The normalized spacial score (nSPS) is 16.5. The van der Waals surface area contributed by atoms with Crippen molar-refractivity contribution in [3.63, 3.8) is 0 Å². The Morgan fingerprint density at radius 3 is 2.65 bits per heavy atom. The van der Waals surface area contributed by atoms with Crippen LogP contribution in [0.15, 0.2) is 12.7 Å². The molecule has 2 N–H and O–H groups in total. The van der Waals surface area contributed by atoms with E-state index in [4.69, 9.17) is 0 Å². The second-order valence-electron chi connectivity index (χ2n) is 5.00.